The Labute approximate surface area is 120 Å². The van der Waals surface area contributed by atoms with Gasteiger partial charge in [0.2, 0.25) is 0 Å². The summed E-state index contributed by atoms with van der Waals surface area (Å²) in [5.74, 6) is 0. The summed E-state index contributed by atoms with van der Waals surface area (Å²) in [5.41, 5.74) is 4.01. The molecule has 0 bridgehead atoms. The molecule has 0 spiro atoms. The number of rotatable bonds is 2. The summed E-state index contributed by atoms with van der Waals surface area (Å²) >= 11 is 7.16. The van der Waals surface area contributed by atoms with Gasteiger partial charge in [-0.15, -0.1) is 11.8 Å². The molecule has 2 heterocycles. The normalized spacial score (nSPS) is 11.3. The van der Waals surface area contributed by atoms with Crippen molar-refractivity contribution in [1.29, 1.82) is 0 Å². The second-order valence-corrected chi connectivity index (χ2v) is 5.64. The number of imidazole rings is 1. The van der Waals surface area contributed by atoms with Crippen LogP contribution in [0.25, 0.3) is 16.9 Å². The molecule has 0 aliphatic heterocycles. The van der Waals surface area contributed by atoms with Crippen molar-refractivity contribution in [2.75, 3.05) is 6.26 Å². The maximum atomic E-state index is 5.43. The molecule has 0 saturated heterocycles. The van der Waals surface area contributed by atoms with Gasteiger partial charge in [0.15, 0.2) is 10.4 Å². The molecule has 2 aromatic heterocycles. The molecule has 0 radical (unpaired) electrons. The molecular formula is C13H14N4S2. The minimum atomic E-state index is 0.697. The van der Waals surface area contributed by atoms with Crippen molar-refractivity contribution in [1.82, 2.24) is 19.3 Å². The van der Waals surface area contributed by atoms with Crippen LogP contribution in [0.2, 0.25) is 0 Å². The number of aromatic nitrogens is 4. The van der Waals surface area contributed by atoms with Crippen LogP contribution in [0.3, 0.4) is 0 Å². The van der Waals surface area contributed by atoms with E-state index in [1.54, 1.807) is 11.8 Å². The highest BCUT2D eigenvalue weighted by molar-refractivity contribution is 7.98. The van der Waals surface area contributed by atoms with Crippen LogP contribution in [0.5, 0.6) is 0 Å². The number of thioether (sulfide) groups is 1. The molecule has 0 unspecified atom stereocenters. The summed E-state index contributed by atoms with van der Waals surface area (Å²) in [6.07, 6.45) is 2.07. The van der Waals surface area contributed by atoms with Crippen molar-refractivity contribution in [3.63, 3.8) is 0 Å². The van der Waals surface area contributed by atoms with Gasteiger partial charge in [-0.2, -0.15) is 5.10 Å². The Balaban J connectivity index is 2.29. The van der Waals surface area contributed by atoms with Crippen LogP contribution in [-0.2, 0) is 7.05 Å². The van der Waals surface area contributed by atoms with Gasteiger partial charge in [0.1, 0.15) is 5.52 Å². The predicted octanol–water partition coefficient (Wildman–Crippen LogP) is 3.45. The number of H-pyrrole nitrogens is 1. The van der Waals surface area contributed by atoms with Gasteiger partial charge in [0.25, 0.3) is 0 Å². The van der Waals surface area contributed by atoms with E-state index in [2.05, 4.69) is 40.6 Å². The second-order valence-electron chi connectivity index (χ2n) is 4.37. The van der Waals surface area contributed by atoms with E-state index in [9.17, 15) is 0 Å². The van der Waals surface area contributed by atoms with Crippen LogP contribution in [0.15, 0.2) is 29.2 Å². The Morgan fingerprint density at radius 2 is 1.95 bits per heavy atom. The molecule has 3 aromatic rings. The smallest absolute Gasteiger partial charge is 0.184 e. The van der Waals surface area contributed by atoms with Crippen molar-refractivity contribution in [3.8, 4) is 5.69 Å². The fourth-order valence-electron chi connectivity index (χ4n) is 2.28. The molecule has 4 nitrogen and oxygen atoms in total. The number of fused-ring (bicyclic) bond motifs is 1. The molecule has 0 atom stereocenters. The summed E-state index contributed by atoms with van der Waals surface area (Å²) in [6, 6.07) is 8.36. The number of benzene rings is 1. The van der Waals surface area contributed by atoms with Gasteiger partial charge in [0.05, 0.1) is 5.69 Å². The van der Waals surface area contributed by atoms with Gasteiger partial charge < -0.3 is 4.98 Å². The molecule has 0 saturated carbocycles. The number of aryl methyl sites for hydroxylation is 2. The maximum Gasteiger partial charge on any atom is 0.184 e. The van der Waals surface area contributed by atoms with Crippen LogP contribution in [-0.4, -0.2) is 25.6 Å². The molecule has 0 aliphatic rings. The maximum absolute atomic E-state index is 5.43. The fourth-order valence-corrected chi connectivity index (χ4v) is 2.98. The van der Waals surface area contributed by atoms with Crippen molar-refractivity contribution < 1.29 is 0 Å². The van der Waals surface area contributed by atoms with Crippen molar-refractivity contribution in [2.45, 2.75) is 11.8 Å². The standard InChI is InChI=1S/C13H14N4S2/c1-8-11-12(16(2)15-8)17(13(18)14-11)9-4-6-10(19-3)7-5-9/h4-7H,1-3H3,(H,14,18). The first-order valence-corrected chi connectivity index (χ1v) is 7.54. The number of nitrogens with one attached hydrogen (secondary N) is 1. The van der Waals surface area contributed by atoms with Gasteiger partial charge in [-0.3, -0.25) is 4.57 Å². The highest BCUT2D eigenvalue weighted by atomic mass is 32.2. The Morgan fingerprint density at radius 1 is 1.26 bits per heavy atom. The average molecular weight is 290 g/mol. The van der Waals surface area contributed by atoms with E-state index in [1.165, 1.54) is 4.90 Å². The highest BCUT2D eigenvalue weighted by Crippen LogP contribution is 2.23. The Bertz CT molecular complexity index is 793. The molecular weight excluding hydrogens is 276 g/mol. The van der Waals surface area contributed by atoms with Gasteiger partial charge in [-0.25, -0.2) is 4.68 Å². The van der Waals surface area contributed by atoms with E-state index in [-0.39, 0.29) is 0 Å². The van der Waals surface area contributed by atoms with Crippen LogP contribution in [0.4, 0.5) is 0 Å². The summed E-state index contributed by atoms with van der Waals surface area (Å²) < 4.78 is 4.58. The third-order valence-electron chi connectivity index (χ3n) is 3.17. The zero-order chi connectivity index (χ0) is 13.6. The number of nitrogens with zero attached hydrogens (tertiary/aromatic N) is 3. The molecule has 98 valence electrons. The van der Waals surface area contributed by atoms with E-state index in [0.717, 1.165) is 22.5 Å². The van der Waals surface area contributed by atoms with Crippen molar-refractivity contribution in [3.05, 3.63) is 34.7 Å². The van der Waals surface area contributed by atoms with Crippen molar-refractivity contribution >= 4 is 35.1 Å². The third-order valence-corrected chi connectivity index (χ3v) is 4.20. The largest absolute Gasteiger partial charge is 0.327 e. The third kappa shape index (κ3) is 1.91. The molecule has 0 amide bonds. The molecule has 1 N–H and O–H groups in total. The molecule has 3 rings (SSSR count). The minimum absolute atomic E-state index is 0.697. The zero-order valence-corrected chi connectivity index (χ0v) is 12.6. The van der Waals surface area contributed by atoms with Crippen molar-refractivity contribution in [2.24, 2.45) is 7.05 Å². The monoisotopic (exact) mass is 290 g/mol. The Morgan fingerprint density at radius 3 is 2.58 bits per heavy atom. The first kappa shape index (κ1) is 12.5. The summed E-state index contributed by atoms with van der Waals surface area (Å²) in [4.78, 5) is 4.47. The quantitative estimate of drug-likeness (QED) is 0.580. The lowest BCUT2D eigenvalue weighted by molar-refractivity contribution is 0.759. The van der Waals surface area contributed by atoms with Crippen LogP contribution in [0.1, 0.15) is 5.69 Å². The van der Waals surface area contributed by atoms with Crippen LogP contribution in [0, 0.1) is 11.7 Å². The van der Waals surface area contributed by atoms with Crippen LogP contribution < -0.4 is 0 Å². The molecule has 0 fully saturated rings. The zero-order valence-electron chi connectivity index (χ0n) is 11.0. The fraction of sp³-hybridized carbons (Fsp3) is 0.231. The lowest BCUT2D eigenvalue weighted by atomic mass is 10.3. The summed E-state index contributed by atoms with van der Waals surface area (Å²) in [7, 11) is 1.94. The van der Waals surface area contributed by atoms with E-state index >= 15 is 0 Å². The predicted molar refractivity (Wildman–Crippen MR) is 81.7 cm³/mol. The molecule has 6 heteroatoms. The Kier molecular flexibility index (Phi) is 2.99. The average Bonchev–Trinajstić information content (AvgIpc) is 2.88. The number of aromatic amines is 1. The van der Waals surface area contributed by atoms with E-state index in [1.807, 2.05) is 23.2 Å². The lowest BCUT2D eigenvalue weighted by Crippen LogP contribution is -2.00. The lowest BCUT2D eigenvalue weighted by Gasteiger charge is -2.05. The minimum Gasteiger partial charge on any atom is -0.327 e. The summed E-state index contributed by atoms with van der Waals surface area (Å²) in [5, 5.41) is 4.43. The summed E-state index contributed by atoms with van der Waals surface area (Å²) in [6.45, 7) is 1.98. The van der Waals surface area contributed by atoms with Crippen LogP contribution >= 0.6 is 24.0 Å². The van der Waals surface area contributed by atoms with Gasteiger partial charge in [0, 0.05) is 17.6 Å². The van der Waals surface area contributed by atoms with Gasteiger partial charge >= 0.3 is 0 Å². The van der Waals surface area contributed by atoms with Gasteiger partial charge in [-0.05, 0) is 49.7 Å². The van der Waals surface area contributed by atoms with E-state index < -0.39 is 0 Å². The van der Waals surface area contributed by atoms with E-state index in [0.29, 0.717) is 4.77 Å². The second kappa shape index (κ2) is 4.54. The number of hydrogen-bond donors (Lipinski definition) is 1. The number of hydrogen-bond acceptors (Lipinski definition) is 3. The topological polar surface area (TPSA) is 38.5 Å². The highest BCUT2D eigenvalue weighted by Gasteiger charge is 2.13. The molecule has 0 aliphatic carbocycles. The SMILES string of the molecule is CSc1ccc(-n2c(=S)[nH]c3c(C)nn(C)c32)cc1. The first-order chi connectivity index (χ1) is 9.11. The van der Waals surface area contributed by atoms with Gasteiger partial charge in [-0.1, -0.05) is 0 Å². The Hall–Kier alpha value is -1.53. The molecule has 1 aromatic carbocycles. The first-order valence-electron chi connectivity index (χ1n) is 5.90. The molecule has 19 heavy (non-hydrogen) atoms. The van der Waals surface area contributed by atoms with E-state index in [4.69, 9.17) is 12.2 Å².